The summed E-state index contributed by atoms with van der Waals surface area (Å²) in [6, 6.07) is 0. The van der Waals surface area contributed by atoms with E-state index in [2.05, 4.69) is 27.7 Å². The number of hydrogen-bond donors (Lipinski definition) is 3. The third kappa shape index (κ3) is 55.1. The van der Waals surface area contributed by atoms with Gasteiger partial charge in [-0.25, -0.2) is 0 Å². The second-order valence-corrected chi connectivity index (χ2v) is 26.8. The van der Waals surface area contributed by atoms with Crippen LogP contribution in [0.3, 0.4) is 0 Å². The van der Waals surface area contributed by atoms with E-state index in [9.17, 15) is 15.3 Å². The highest BCUT2D eigenvalue weighted by atomic mass is 16.4. The van der Waals surface area contributed by atoms with Gasteiger partial charge in [-0.05, 0) is 25.7 Å². The molecular formula is C75H152O3. The van der Waals surface area contributed by atoms with Crippen LogP contribution in [-0.2, 0) is 0 Å². The van der Waals surface area contributed by atoms with Crippen LogP contribution in [0.15, 0.2) is 0 Å². The van der Waals surface area contributed by atoms with Crippen molar-refractivity contribution in [2.24, 2.45) is 0 Å². The Labute approximate surface area is 494 Å². The van der Waals surface area contributed by atoms with E-state index >= 15 is 0 Å². The number of aliphatic hydroxyl groups is 3. The van der Waals surface area contributed by atoms with Crippen LogP contribution in [-0.4, -0.2) is 32.6 Å². The van der Waals surface area contributed by atoms with E-state index in [0.29, 0.717) is 25.7 Å². The normalized spacial score (nSPS) is 12.3. The Balaban J connectivity index is 5.24. The molecule has 0 fully saturated rings. The first-order valence-corrected chi connectivity index (χ1v) is 37.5. The Morgan fingerprint density at radius 1 is 0.167 bits per heavy atom. The molecule has 0 unspecified atom stereocenters. The molecule has 0 heterocycles. The van der Waals surface area contributed by atoms with Gasteiger partial charge in [0.1, 0.15) is 6.10 Å². The van der Waals surface area contributed by atoms with E-state index in [0.717, 1.165) is 51.4 Å². The first-order valence-electron chi connectivity index (χ1n) is 37.5. The standard InChI is InChI=1S/C75H152O3/c1-5-9-13-17-21-25-29-33-37-41-45-49-53-57-61-65-69-74(77,70-66-62-58-54-50-46-42-38-34-30-26-22-18-14-10-6-2)73(76)75(78,71-67-63-59-55-51-47-43-39-35-31-27-23-19-15-11-7-3)72-68-64-60-56-52-48-44-40-36-32-28-24-20-16-12-8-4/h73,76-78H,5-72H2,1-4H3. The molecule has 0 aromatic heterocycles. The lowest BCUT2D eigenvalue weighted by atomic mass is 9.73. The van der Waals surface area contributed by atoms with E-state index in [4.69, 9.17) is 0 Å². The summed E-state index contributed by atoms with van der Waals surface area (Å²) >= 11 is 0. The maximum absolute atomic E-state index is 12.7. The quantitative estimate of drug-likeness (QED) is 0.0532. The molecule has 0 saturated heterocycles. The average molecular weight is 1100 g/mol. The molecule has 0 atom stereocenters. The van der Waals surface area contributed by atoms with Crippen LogP contribution >= 0.6 is 0 Å². The van der Waals surface area contributed by atoms with Gasteiger partial charge in [-0.3, -0.25) is 0 Å². The van der Waals surface area contributed by atoms with Crippen LogP contribution in [0, 0.1) is 0 Å². The van der Waals surface area contributed by atoms with Crippen molar-refractivity contribution >= 4 is 0 Å². The highest BCUT2D eigenvalue weighted by molar-refractivity contribution is 4.99. The lowest BCUT2D eigenvalue weighted by Crippen LogP contribution is -2.56. The van der Waals surface area contributed by atoms with Crippen LogP contribution in [0.25, 0.3) is 0 Å². The Kier molecular flexibility index (Phi) is 64.3. The highest BCUT2D eigenvalue weighted by Crippen LogP contribution is 2.38. The predicted molar refractivity (Wildman–Crippen MR) is 353 cm³/mol. The predicted octanol–water partition coefficient (Wildman–Crippen LogP) is 26.4. The zero-order valence-corrected chi connectivity index (χ0v) is 55.0. The Hall–Kier alpha value is -0.120. The van der Waals surface area contributed by atoms with Crippen LogP contribution < -0.4 is 0 Å². The molecule has 470 valence electrons. The molecule has 0 radical (unpaired) electrons. The smallest absolute Gasteiger partial charge is 0.111 e. The third-order valence-electron chi connectivity index (χ3n) is 18.9. The van der Waals surface area contributed by atoms with Crippen molar-refractivity contribution in [3.05, 3.63) is 0 Å². The van der Waals surface area contributed by atoms with Gasteiger partial charge in [0.25, 0.3) is 0 Å². The largest absolute Gasteiger partial charge is 0.387 e. The Morgan fingerprint density at radius 2 is 0.256 bits per heavy atom. The van der Waals surface area contributed by atoms with E-state index < -0.39 is 17.3 Å². The second-order valence-electron chi connectivity index (χ2n) is 26.8. The summed E-state index contributed by atoms with van der Waals surface area (Å²) in [5, 5.41) is 37.9. The minimum absolute atomic E-state index is 0.631. The van der Waals surface area contributed by atoms with Gasteiger partial charge in [-0.2, -0.15) is 0 Å². The molecule has 0 rings (SSSR count). The van der Waals surface area contributed by atoms with E-state index in [1.54, 1.807) is 0 Å². The Bertz CT molecular complexity index is 919. The monoisotopic (exact) mass is 1100 g/mol. The molecule has 3 N–H and O–H groups in total. The van der Waals surface area contributed by atoms with Gasteiger partial charge in [-0.1, -0.05) is 439 Å². The first-order chi connectivity index (χ1) is 38.4. The topological polar surface area (TPSA) is 60.7 Å². The summed E-state index contributed by atoms with van der Waals surface area (Å²) in [7, 11) is 0. The molecule has 0 aromatic rings. The highest BCUT2D eigenvalue weighted by Gasteiger charge is 2.47. The van der Waals surface area contributed by atoms with Crippen LogP contribution in [0.5, 0.6) is 0 Å². The molecule has 0 aliphatic carbocycles. The molecular weight excluding hydrogens is 949 g/mol. The van der Waals surface area contributed by atoms with Gasteiger partial charge in [0.2, 0.25) is 0 Å². The van der Waals surface area contributed by atoms with Crippen LogP contribution in [0.4, 0.5) is 0 Å². The van der Waals surface area contributed by atoms with Crippen molar-refractivity contribution in [2.75, 3.05) is 0 Å². The molecule has 3 nitrogen and oxygen atoms in total. The first kappa shape index (κ1) is 77.9. The van der Waals surface area contributed by atoms with Crippen LogP contribution in [0.1, 0.15) is 464 Å². The molecule has 78 heavy (non-hydrogen) atoms. The average Bonchev–Trinajstić information content (AvgIpc) is 3.47. The number of unbranched alkanes of at least 4 members (excludes halogenated alkanes) is 60. The fraction of sp³-hybridized carbons (Fsp3) is 1.00. The van der Waals surface area contributed by atoms with Crippen molar-refractivity contribution in [1.29, 1.82) is 0 Å². The third-order valence-corrected chi connectivity index (χ3v) is 18.9. The van der Waals surface area contributed by atoms with Gasteiger partial charge in [-0.15, -0.1) is 0 Å². The molecule has 3 heteroatoms. The van der Waals surface area contributed by atoms with Crippen molar-refractivity contribution in [1.82, 2.24) is 0 Å². The van der Waals surface area contributed by atoms with Crippen molar-refractivity contribution in [3.63, 3.8) is 0 Å². The molecule has 0 amide bonds. The number of hydrogen-bond acceptors (Lipinski definition) is 3. The van der Waals surface area contributed by atoms with Gasteiger partial charge in [0.15, 0.2) is 0 Å². The minimum atomic E-state index is -1.20. The summed E-state index contributed by atoms with van der Waals surface area (Å²) in [4.78, 5) is 0. The maximum Gasteiger partial charge on any atom is 0.111 e. The lowest BCUT2D eigenvalue weighted by molar-refractivity contribution is -0.186. The van der Waals surface area contributed by atoms with E-state index in [1.165, 1.54) is 360 Å². The minimum Gasteiger partial charge on any atom is -0.387 e. The van der Waals surface area contributed by atoms with Gasteiger partial charge >= 0.3 is 0 Å². The molecule has 0 aliphatic rings. The van der Waals surface area contributed by atoms with Crippen molar-refractivity contribution in [2.45, 2.75) is 482 Å². The van der Waals surface area contributed by atoms with Crippen molar-refractivity contribution in [3.8, 4) is 0 Å². The summed E-state index contributed by atoms with van der Waals surface area (Å²) in [6.45, 7) is 9.22. The zero-order chi connectivity index (χ0) is 56.7. The zero-order valence-electron chi connectivity index (χ0n) is 55.0. The second kappa shape index (κ2) is 64.4. The fourth-order valence-electron chi connectivity index (χ4n) is 13.2. The molecule has 0 spiro atoms. The lowest BCUT2D eigenvalue weighted by Gasteiger charge is -2.43. The van der Waals surface area contributed by atoms with Crippen molar-refractivity contribution < 1.29 is 15.3 Å². The van der Waals surface area contributed by atoms with Gasteiger partial charge in [0, 0.05) is 0 Å². The van der Waals surface area contributed by atoms with Crippen LogP contribution in [0.2, 0.25) is 0 Å². The van der Waals surface area contributed by atoms with Gasteiger partial charge in [0.05, 0.1) is 11.2 Å². The summed E-state index contributed by atoms with van der Waals surface area (Å²) in [6.07, 6.45) is 87.1. The van der Waals surface area contributed by atoms with E-state index in [-0.39, 0.29) is 0 Å². The molecule has 0 saturated carbocycles. The molecule has 0 bridgehead atoms. The summed E-state index contributed by atoms with van der Waals surface area (Å²) < 4.78 is 0. The fourth-order valence-corrected chi connectivity index (χ4v) is 13.2. The number of rotatable bonds is 70. The maximum atomic E-state index is 12.7. The van der Waals surface area contributed by atoms with E-state index in [1.807, 2.05) is 0 Å². The molecule has 0 aliphatic heterocycles. The summed E-state index contributed by atoms with van der Waals surface area (Å²) in [5.74, 6) is 0. The van der Waals surface area contributed by atoms with Gasteiger partial charge < -0.3 is 15.3 Å². The SMILES string of the molecule is CCCCCCCCCCCCCCCCCCC(O)(CCCCCCCCCCCCCCCCCC)C(O)C(O)(CCCCCCCCCCCCCCCCCC)CCCCCCCCCCCCCCCCCC. The number of aliphatic hydroxyl groups excluding tert-OH is 1. The molecule has 0 aromatic carbocycles. The Morgan fingerprint density at radius 3 is 0.359 bits per heavy atom. The summed E-state index contributed by atoms with van der Waals surface area (Å²) in [5.41, 5.74) is -2.41.